The van der Waals surface area contributed by atoms with Crippen molar-refractivity contribution in [3.05, 3.63) is 28.2 Å². The van der Waals surface area contributed by atoms with Gasteiger partial charge in [-0.15, -0.1) is 0 Å². The third-order valence-corrected chi connectivity index (χ3v) is 7.02. The summed E-state index contributed by atoms with van der Waals surface area (Å²) in [6, 6.07) is 3.88. The van der Waals surface area contributed by atoms with Gasteiger partial charge in [-0.1, -0.05) is 19.3 Å². The summed E-state index contributed by atoms with van der Waals surface area (Å²) in [4.78, 5) is 27.4. The molecule has 3 aliphatic rings. The minimum absolute atomic E-state index is 0.0302. The van der Waals surface area contributed by atoms with Crippen molar-refractivity contribution in [3.63, 3.8) is 0 Å². The molecule has 1 amide bonds. The molecule has 2 aliphatic heterocycles. The number of fused-ring (bicyclic) bond motifs is 4. The molecule has 3 heterocycles. The van der Waals surface area contributed by atoms with Crippen molar-refractivity contribution in [3.8, 4) is 0 Å². The molecule has 1 aliphatic carbocycles. The van der Waals surface area contributed by atoms with Crippen LogP contribution in [0.15, 0.2) is 16.9 Å². The van der Waals surface area contributed by atoms with Gasteiger partial charge in [-0.25, -0.2) is 0 Å². The lowest BCUT2D eigenvalue weighted by atomic mass is 9.81. The van der Waals surface area contributed by atoms with Gasteiger partial charge in [-0.05, 0) is 49.5 Å². The van der Waals surface area contributed by atoms with E-state index in [4.69, 9.17) is 0 Å². The van der Waals surface area contributed by atoms with E-state index in [2.05, 4.69) is 16.3 Å². The molecule has 0 spiro atoms. The van der Waals surface area contributed by atoms with Gasteiger partial charge in [0.15, 0.2) is 0 Å². The molecule has 1 aromatic rings. The number of nitrogens with zero attached hydrogens (tertiary/aromatic N) is 2. The van der Waals surface area contributed by atoms with Crippen molar-refractivity contribution in [2.45, 2.75) is 51.0 Å². The van der Waals surface area contributed by atoms with Crippen LogP contribution in [0.25, 0.3) is 0 Å². The number of thioether (sulfide) groups is 1. The SMILES string of the molecule is CSCC(=O)Nc1ccc2n(c1=O)C[C@@H]1C[C@@H]2CN(CC2CCCCC2)C1. The third-order valence-electron chi connectivity index (χ3n) is 6.47. The maximum atomic E-state index is 12.9. The molecule has 4 rings (SSSR count). The maximum absolute atomic E-state index is 12.9. The highest BCUT2D eigenvalue weighted by Crippen LogP contribution is 2.36. The molecule has 0 unspecified atom stereocenters. The molecule has 1 saturated carbocycles. The summed E-state index contributed by atoms with van der Waals surface area (Å²) in [7, 11) is 0. The standard InChI is InChI=1S/C21H31N3O2S/c1-27-14-20(25)22-18-7-8-19-17-9-16(12-24(19)21(18)26)11-23(13-17)10-15-5-3-2-4-6-15/h7-8,15-17H,2-6,9-14H2,1H3,(H,22,25)/t16-,17-/m1/s1. The summed E-state index contributed by atoms with van der Waals surface area (Å²) in [5.41, 5.74) is 1.56. The molecule has 0 radical (unpaired) electrons. The number of anilines is 1. The van der Waals surface area contributed by atoms with Crippen molar-refractivity contribution in [1.82, 2.24) is 9.47 Å². The fourth-order valence-electron chi connectivity index (χ4n) is 5.34. The Labute approximate surface area is 165 Å². The zero-order valence-corrected chi connectivity index (χ0v) is 17.1. The zero-order chi connectivity index (χ0) is 18.8. The fraction of sp³-hybridized carbons (Fsp3) is 0.714. The molecule has 2 fully saturated rings. The van der Waals surface area contributed by atoms with Gasteiger partial charge >= 0.3 is 0 Å². The number of rotatable bonds is 5. The average Bonchev–Trinajstić information content (AvgIpc) is 2.65. The number of amides is 1. The van der Waals surface area contributed by atoms with Crippen LogP contribution in [0.4, 0.5) is 5.69 Å². The Hall–Kier alpha value is -1.27. The van der Waals surface area contributed by atoms with Crippen LogP contribution < -0.4 is 10.9 Å². The second-order valence-corrected chi connectivity index (χ2v) is 9.46. The lowest BCUT2D eigenvalue weighted by Crippen LogP contribution is -2.48. The highest BCUT2D eigenvalue weighted by Gasteiger charge is 2.35. The predicted molar refractivity (Wildman–Crippen MR) is 112 cm³/mol. The number of aromatic nitrogens is 1. The smallest absolute Gasteiger partial charge is 0.274 e. The Kier molecular flexibility index (Phi) is 5.93. The van der Waals surface area contributed by atoms with Crippen LogP contribution in [0.3, 0.4) is 0 Å². The van der Waals surface area contributed by atoms with Gasteiger partial charge in [0.05, 0.1) is 5.75 Å². The minimum atomic E-state index is -0.102. The van der Waals surface area contributed by atoms with Crippen molar-refractivity contribution in [2.24, 2.45) is 11.8 Å². The largest absolute Gasteiger partial charge is 0.321 e. The molecule has 2 atom stereocenters. The van der Waals surface area contributed by atoms with Crippen LogP contribution in [-0.4, -0.2) is 47.0 Å². The first kappa shape index (κ1) is 19.1. The topological polar surface area (TPSA) is 54.3 Å². The molecule has 1 aromatic heterocycles. The van der Waals surface area contributed by atoms with Crippen LogP contribution in [0.1, 0.15) is 50.1 Å². The van der Waals surface area contributed by atoms with Gasteiger partial charge in [0.25, 0.3) is 5.56 Å². The molecule has 6 heteroatoms. The highest BCUT2D eigenvalue weighted by atomic mass is 32.2. The monoisotopic (exact) mass is 389 g/mol. The summed E-state index contributed by atoms with van der Waals surface area (Å²) in [5.74, 6) is 2.14. The number of hydrogen-bond acceptors (Lipinski definition) is 4. The number of pyridine rings is 1. The molecule has 27 heavy (non-hydrogen) atoms. The predicted octanol–water partition coefficient (Wildman–Crippen LogP) is 3.15. The Bertz CT molecular complexity index is 741. The lowest BCUT2D eigenvalue weighted by molar-refractivity contribution is -0.113. The van der Waals surface area contributed by atoms with Crippen molar-refractivity contribution >= 4 is 23.4 Å². The van der Waals surface area contributed by atoms with E-state index in [-0.39, 0.29) is 11.5 Å². The molecular formula is C21H31N3O2S. The first-order valence-electron chi connectivity index (χ1n) is 10.4. The summed E-state index contributed by atoms with van der Waals surface area (Å²) >= 11 is 1.47. The van der Waals surface area contributed by atoms with Crippen LogP contribution >= 0.6 is 11.8 Å². The quantitative estimate of drug-likeness (QED) is 0.841. The fourth-order valence-corrected chi connectivity index (χ4v) is 5.68. The summed E-state index contributed by atoms with van der Waals surface area (Å²) in [5, 5.41) is 2.79. The number of nitrogens with one attached hydrogen (secondary N) is 1. The molecule has 2 bridgehead atoms. The van der Waals surface area contributed by atoms with E-state index in [1.165, 1.54) is 56.8 Å². The zero-order valence-electron chi connectivity index (χ0n) is 16.3. The van der Waals surface area contributed by atoms with Gasteiger partial charge in [0.2, 0.25) is 5.91 Å². The number of hydrogen-bond donors (Lipinski definition) is 1. The Balaban J connectivity index is 1.48. The number of carbonyl (C=O) groups is 1. The maximum Gasteiger partial charge on any atom is 0.274 e. The van der Waals surface area contributed by atoms with Crippen LogP contribution in [0.5, 0.6) is 0 Å². The molecule has 1 saturated heterocycles. The van der Waals surface area contributed by atoms with Crippen LogP contribution in [0.2, 0.25) is 0 Å². The summed E-state index contributed by atoms with van der Waals surface area (Å²) in [6.07, 6.45) is 10.1. The second-order valence-electron chi connectivity index (χ2n) is 8.59. The van der Waals surface area contributed by atoms with E-state index in [0.29, 0.717) is 23.3 Å². The second kappa shape index (κ2) is 8.39. The average molecular weight is 390 g/mol. The highest BCUT2D eigenvalue weighted by molar-refractivity contribution is 7.99. The first-order chi connectivity index (χ1) is 13.1. The molecule has 5 nitrogen and oxygen atoms in total. The van der Waals surface area contributed by atoms with E-state index in [1.807, 2.05) is 16.9 Å². The van der Waals surface area contributed by atoms with Crippen molar-refractivity contribution in [1.29, 1.82) is 0 Å². The third kappa shape index (κ3) is 4.27. The van der Waals surface area contributed by atoms with E-state index in [1.54, 1.807) is 0 Å². The Morgan fingerprint density at radius 3 is 2.78 bits per heavy atom. The number of piperidine rings is 1. The van der Waals surface area contributed by atoms with Gasteiger partial charge < -0.3 is 14.8 Å². The minimum Gasteiger partial charge on any atom is -0.321 e. The Morgan fingerprint density at radius 1 is 1.19 bits per heavy atom. The van der Waals surface area contributed by atoms with E-state index in [0.717, 1.165) is 31.2 Å². The van der Waals surface area contributed by atoms with Gasteiger partial charge in [-0.2, -0.15) is 11.8 Å². The molecule has 1 N–H and O–H groups in total. The van der Waals surface area contributed by atoms with E-state index >= 15 is 0 Å². The molecule has 148 valence electrons. The number of carbonyl (C=O) groups excluding carboxylic acids is 1. The van der Waals surface area contributed by atoms with Gasteiger partial charge in [0.1, 0.15) is 5.69 Å². The van der Waals surface area contributed by atoms with Gasteiger partial charge in [0, 0.05) is 37.8 Å². The van der Waals surface area contributed by atoms with E-state index < -0.39 is 0 Å². The Morgan fingerprint density at radius 2 is 2.00 bits per heavy atom. The summed E-state index contributed by atoms with van der Waals surface area (Å²) < 4.78 is 1.94. The van der Waals surface area contributed by atoms with Crippen molar-refractivity contribution in [2.75, 3.05) is 37.0 Å². The van der Waals surface area contributed by atoms with Crippen LogP contribution in [-0.2, 0) is 11.3 Å². The lowest BCUT2D eigenvalue weighted by Gasteiger charge is -2.44. The molecular weight excluding hydrogens is 358 g/mol. The molecule has 0 aromatic carbocycles. The summed E-state index contributed by atoms with van der Waals surface area (Å²) in [6.45, 7) is 4.21. The first-order valence-corrected chi connectivity index (χ1v) is 11.8. The van der Waals surface area contributed by atoms with Crippen molar-refractivity contribution < 1.29 is 4.79 Å². The van der Waals surface area contributed by atoms with Crippen LogP contribution in [0, 0.1) is 11.8 Å². The number of likely N-dealkylation sites (tertiary alicyclic amines) is 1. The normalized spacial score (nSPS) is 25.8. The van der Waals surface area contributed by atoms with E-state index in [9.17, 15) is 9.59 Å². The van der Waals surface area contributed by atoms with Gasteiger partial charge in [-0.3, -0.25) is 9.59 Å².